The molecule has 0 saturated heterocycles. The lowest BCUT2D eigenvalue weighted by atomic mass is 10.1. The third-order valence-corrected chi connectivity index (χ3v) is 3.76. The summed E-state index contributed by atoms with van der Waals surface area (Å²) in [5, 5.41) is 10.6. The van der Waals surface area contributed by atoms with Gasteiger partial charge in [-0.25, -0.2) is 9.37 Å². The first-order chi connectivity index (χ1) is 10.1. The van der Waals surface area contributed by atoms with E-state index in [-0.39, 0.29) is 5.82 Å². The van der Waals surface area contributed by atoms with Crippen molar-refractivity contribution in [2.75, 3.05) is 0 Å². The summed E-state index contributed by atoms with van der Waals surface area (Å²) in [6.07, 6.45) is 1.46. The molecule has 0 spiro atoms. The van der Waals surface area contributed by atoms with E-state index in [1.165, 1.54) is 12.1 Å². The Balaban J connectivity index is 1.75. The Morgan fingerprint density at radius 2 is 2.05 bits per heavy atom. The quantitative estimate of drug-likeness (QED) is 0.802. The molecular weight excluding hydrogens is 291 g/mol. The van der Waals surface area contributed by atoms with Crippen molar-refractivity contribution in [3.05, 3.63) is 65.2 Å². The van der Waals surface area contributed by atoms with Crippen molar-refractivity contribution in [2.24, 2.45) is 0 Å². The highest BCUT2D eigenvalue weighted by Gasteiger charge is 2.11. The largest absolute Gasteiger partial charge is 0.391 e. The number of hydrogen-bond donors (Lipinski definition) is 1. The molecule has 0 aliphatic heterocycles. The molecule has 108 valence electrons. The third kappa shape index (κ3) is 3.06. The van der Waals surface area contributed by atoms with E-state index in [1.54, 1.807) is 12.4 Å². The van der Waals surface area contributed by atoms with Gasteiger partial charge >= 0.3 is 0 Å². The molecule has 2 aromatic carbocycles. The van der Waals surface area contributed by atoms with Crippen molar-refractivity contribution < 1.29 is 9.50 Å². The van der Waals surface area contributed by atoms with Gasteiger partial charge in [-0.3, -0.25) is 0 Å². The van der Waals surface area contributed by atoms with Gasteiger partial charge in [0.15, 0.2) is 0 Å². The van der Waals surface area contributed by atoms with Gasteiger partial charge in [0.2, 0.25) is 0 Å². The van der Waals surface area contributed by atoms with Gasteiger partial charge in [-0.1, -0.05) is 29.8 Å². The highest BCUT2D eigenvalue weighted by Crippen LogP contribution is 2.20. The summed E-state index contributed by atoms with van der Waals surface area (Å²) in [5.74, 6) is -0.376. The number of benzene rings is 2. The smallest absolute Gasteiger partial charge is 0.124 e. The standard InChI is InChI=1S/C16H14ClFN2O/c17-14-8-12(18)6-5-11(14)7-13(21)9-20-10-19-15-3-1-2-4-16(15)20/h1-6,8,10,13,21H,7,9H2. The van der Waals surface area contributed by atoms with Crippen molar-refractivity contribution in [3.8, 4) is 0 Å². The first-order valence-electron chi connectivity index (χ1n) is 6.65. The number of nitrogens with zero attached hydrogens (tertiary/aromatic N) is 2. The average Bonchev–Trinajstić information content (AvgIpc) is 2.85. The maximum absolute atomic E-state index is 13.0. The maximum atomic E-state index is 13.0. The summed E-state index contributed by atoms with van der Waals surface area (Å²) in [6, 6.07) is 12.0. The zero-order valence-electron chi connectivity index (χ0n) is 11.2. The number of imidazole rings is 1. The lowest BCUT2D eigenvalue weighted by molar-refractivity contribution is 0.155. The molecule has 0 aliphatic carbocycles. The van der Waals surface area contributed by atoms with Crippen LogP contribution in [0, 0.1) is 5.82 Å². The summed E-state index contributed by atoms with van der Waals surface area (Å²) in [4.78, 5) is 4.28. The normalized spacial score (nSPS) is 12.7. The maximum Gasteiger partial charge on any atom is 0.124 e. The van der Waals surface area contributed by atoms with Crippen LogP contribution in [0.2, 0.25) is 5.02 Å². The Kier molecular flexibility index (Phi) is 3.90. The van der Waals surface area contributed by atoms with Gasteiger partial charge in [-0.2, -0.15) is 0 Å². The van der Waals surface area contributed by atoms with Crippen LogP contribution in [0.5, 0.6) is 0 Å². The fourth-order valence-corrected chi connectivity index (χ4v) is 2.63. The predicted octanol–water partition coefficient (Wildman–Crippen LogP) is 3.43. The number of aliphatic hydroxyl groups excluding tert-OH is 1. The molecule has 3 rings (SSSR count). The average molecular weight is 305 g/mol. The number of aromatic nitrogens is 2. The summed E-state index contributed by atoms with van der Waals surface area (Å²) >= 11 is 5.98. The molecule has 1 aromatic heterocycles. The molecule has 1 atom stereocenters. The van der Waals surface area contributed by atoms with Crippen LogP contribution in [0.4, 0.5) is 4.39 Å². The van der Waals surface area contributed by atoms with Crippen LogP contribution < -0.4 is 0 Å². The molecule has 0 bridgehead atoms. The van der Waals surface area contributed by atoms with Gasteiger partial charge in [0.1, 0.15) is 5.82 Å². The van der Waals surface area contributed by atoms with E-state index < -0.39 is 6.10 Å². The van der Waals surface area contributed by atoms with E-state index in [0.29, 0.717) is 18.0 Å². The molecule has 21 heavy (non-hydrogen) atoms. The third-order valence-electron chi connectivity index (χ3n) is 3.41. The molecule has 1 heterocycles. The highest BCUT2D eigenvalue weighted by atomic mass is 35.5. The van der Waals surface area contributed by atoms with Crippen LogP contribution >= 0.6 is 11.6 Å². The minimum Gasteiger partial charge on any atom is -0.391 e. The van der Waals surface area contributed by atoms with Crippen molar-refractivity contribution in [1.29, 1.82) is 0 Å². The molecule has 0 saturated carbocycles. The molecule has 0 amide bonds. The molecular formula is C16H14ClFN2O. The zero-order valence-corrected chi connectivity index (χ0v) is 12.0. The molecule has 3 nitrogen and oxygen atoms in total. The van der Waals surface area contributed by atoms with Crippen molar-refractivity contribution in [2.45, 2.75) is 19.1 Å². The second-order valence-corrected chi connectivity index (χ2v) is 5.39. The number of rotatable bonds is 4. The Hall–Kier alpha value is -1.91. The summed E-state index contributed by atoms with van der Waals surface area (Å²) < 4.78 is 14.9. The van der Waals surface area contributed by atoms with Gasteiger partial charge in [0.05, 0.1) is 30.0 Å². The fourth-order valence-electron chi connectivity index (χ4n) is 2.39. The Morgan fingerprint density at radius 1 is 1.24 bits per heavy atom. The van der Waals surface area contributed by atoms with E-state index in [2.05, 4.69) is 4.98 Å². The Labute approximate surface area is 126 Å². The zero-order chi connectivity index (χ0) is 14.8. The van der Waals surface area contributed by atoms with E-state index in [1.807, 2.05) is 28.8 Å². The second kappa shape index (κ2) is 5.84. The molecule has 1 unspecified atom stereocenters. The highest BCUT2D eigenvalue weighted by molar-refractivity contribution is 6.31. The minimum atomic E-state index is -0.620. The number of para-hydroxylation sites is 2. The second-order valence-electron chi connectivity index (χ2n) is 4.98. The van der Waals surface area contributed by atoms with Crippen LogP contribution in [0.25, 0.3) is 11.0 Å². The van der Waals surface area contributed by atoms with E-state index >= 15 is 0 Å². The topological polar surface area (TPSA) is 38.0 Å². The van der Waals surface area contributed by atoms with Crippen LogP contribution in [-0.2, 0) is 13.0 Å². The molecule has 0 fully saturated rings. The van der Waals surface area contributed by atoms with Crippen LogP contribution in [-0.4, -0.2) is 20.8 Å². The van der Waals surface area contributed by atoms with Crippen LogP contribution in [0.15, 0.2) is 48.8 Å². The minimum absolute atomic E-state index is 0.338. The number of hydrogen-bond acceptors (Lipinski definition) is 2. The van der Waals surface area contributed by atoms with Crippen LogP contribution in [0.3, 0.4) is 0 Å². The number of halogens is 2. The Morgan fingerprint density at radius 3 is 2.86 bits per heavy atom. The van der Waals surface area contributed by atoms with E-state index in [0.717, 1.165) is 16.6 Å². The summed E-state index contributed by atoms with van der Waals surface area (Å²) in [5.41, 5.74) is 2.60. The molecule has 0 radical (unpaired) electrons. The van der Waals surface area contributed by atoms with Crippen LogP contribution in [0.1, 0.15) is 5.56 Å². The number of aliphatic hydroxyl groups is 1. The fraction of sp³-hybridized carbons (Fsp3) is 0.188. The van der Waals surface area contributed by atoms with E-state index in [4.69, 9.17) is 11.6 Å². The monoisotopic (exact) mass is 304 g/mol. The molecule has 5 heteroatoms. The van der Waals surface area contributed by atoms with Crippen molar-refractivity contribution >= 4 is 22.6 Å². The first-order valence-corrected chi connectivity index (χ1v) is 7.03. The summed E-state index contributed by atoms with van der Waals surface area (Å²) in [7, 11) is 0. The van der Waals surface area contributed by atoms with E-state index in [9.17, 15) is 9.50 Å². The van der Waals surface area contributed by atoms with Gasteiger partial charge < -0.3 is 9.67 Å². The van der Waals surface area contributed by atoms with Crippen molar-refractivity contribution in [1.82, 2.24) is 9.55 Å². The SMILES string of the molecule is OC(Cc1ccc(F)cc1Cl)Cn1cnc2ccccc21. The van der Waals surface area contributed by atoms with Crippen molar-refractivity contribution in [3.63, 3.8) is 0 Å². The lowest BCUT2D eigenvalue weighted by Crippen LogP contribution is -2.18. The predicted molar refractivity (Wildman–Crippen MR) is 80.9 cm³/mol. The first kappa shape index (κ1) is 14.0. The lowest BCUT2D eigenvalue weighted by Gasteiger charge is -2.13. The summed E-state index contributed by atoms with van der Waals surface area (Å²) in [6.45, 7) is 0.411. The molecule has 0 aliphatic rings. The number of fused-ring (bicyclic) bond motifs is 1. The molecule has 3 aromatic rings. The molecule has 1 N–H and O–H groups in total. The van der Waals surface area contributed by atoms with Gasteiger partial charge in [0, 0.05) is 11.4 Å². The Bertz CT molecular complexity index is 772. The van der Waals surface area contributed by atoms with Gasteiger partial charge in [-0.05, 0) is 29.8 Å². The van der Waals surface area contributed by atoms with Gasteiger partial charge in [0.25, 0.3) is 0 Å². The van der Waals surface area contributed by atoms with Gasteiger partial charge in [-0.15, -0.1) is 0 Å².